The molecule has 1 aromatic carbocycles. The Bertz CT molecular complexity index is 584. The van der Waals surface area contributed by atoms with Crippen molar-refractivity contribution in [1.82, 2.24) is 4.72 Å². The third-order valence-electron chi connectivity index (χ3n) is 3.67. The van der Waals surface area contributed by atoms with E-state index in [0.29, 0.717) is 18.7 Å². The van der Waals surface area contributed by atoms with Gasteiger partial charge in [-0.25, -0.2) is 13.1 Å². The summed E-state index contributed by atoms with van der Waals surface area (Å²) < 4.78 is 32.0. The van der Waals surface area contributed by atoms with E-state index in [-0.39, 0.29) is 18.0 Å². The first-order chi connectivity index (χ1) is 9.23. The molecule has 1 aliphatic heterocycles. The van der Waals surface area contributed by atoms with Crippen molar-refractivity contribution in [3.63, 3.8) is 0 Å². The summed E-state index contributed by atoms with van der Waals surface area (Å²) in [7, 11) is -3.69. The van der Waals surface area contributed by atoms with Gasteiger partial charge in [0.1, 0.15) is 5.60 Å². The molecule has 112 valence electrons. The van der Waals surface area contributed by atoms with E-state index in [1.807, 2.05) is 13.8 Å². The van der Waals surface area contributed by atoms with E-state index >= 15 is 0 Å². The zero-order valence-electron chi connectivity index (χ0n) is 11.6. The van der Waals surface area contributed by atoms with Crippen LogP contribution in [0.1, 0.15) is 17.5 Å². The van der Waals surface area contributed by atoms with Crippen LogP contribution in [0.4, 0.5) is 5.69 Å². The van der Waals surface area contributed by atoms with Gasteiger partial charge in [-0.3, -0.25) is 0 Å². The quantitative estimate of drug-likeness (QED) is 0.695. The first-order valence-electron chi connectivity index (χ1n) is 6.40. The van der Waals surface area contributed by atoms with Crippen molar-refractivity contribution in [1.29, 1.82) is 0 Å². The second kappa shape index (κ2) is 5.33. The van der Waals surface area contributed by atoms with Gasteiger partial charge in [0.25, 0.3) is 0 Å². The fourth-order valence-corrected chi connectivity index (χ4v) is 3.30. The van der Waals surface area contributed by atoms with Gasteiger partial charge in [-0.05, 0) is 37.1 Å². The number of sulfonamides is 1. The Morgan fingerprint density at radius 1 is 1.45 bits per heavy atom. The van der Waals surface area contributed by atoms with Gasteiger partial charge in [-0.1, -0.05) is 0 Å². The van der Waals surface area contributed by atoms with Gasteiger partial charge < -0.3 is 15.6 Å². The van der Waals surface area contributed by atoms with Crippen LogP contribution in [0, 0.1) is 13.8 Å². The number of ether oxygens (including phenoxy) is 1. The summed E-state index contributed by atoms with van der Waals surface area (Å²) in [4.78, 5) is 0.112. The minimum atomic E-state index is -3.69. The lowest BCUT2D eigenvalue weighted by Crippen LogP contribution is -2.43. The average molecular weight is 300 g/mol. The molecule has 0 radical (unpaired) electrons. The molecule has 1 unspecified atom stereocenters. The molecule has 1 aromatic rings. The Morgan fingerprint density at radius 3 is 2.70 bits per heavy atom. The maximum atomic E-state index is 12.2. The Kier molecular flexibility index (Phi) is 4.06. The highest BCUT2D eigenvalue weighted by atomic mass is 32.2. The molecule has 6 nitrogen and oxygen atoms in total. The van der Waals surface area contributed by atoms with Crippen molar-refractivity contribution in [2.75, 3.05) is 25.5 Å². The van der Waals surface area contributed by atoms with Gasteiger partial charge >= 0.3 is 0 Å². The van der Waals surface area contributed by atoms with Crippen LogP contribution in [0.3, 0.4) is 0 Å². The fraction of sp³-hybridized carbons (Fsp3) is 0.538. The minimum absolute atomic E-state index is 0.0673. The van der Waals surface area contributed by atoms with Gasteiger partial charge in [0.05, 0.1) is 11.5 Å². The molecule has 7 heteroatoms. The van der Waals surface area contributed by atoms with Crippen LogP contribution in [-0.4, -0.2) is 38.9 Å². The molecule has 4 N–H and O–H groups in total. The molecule has 0 spiro atoms. The number of anilines is 1. The Morgan fingerprint density at radius 2 is 2.15 bits per heavy atom. The van der Waals surface area contributed by atoms with E-state index < -0.39 is 15.6 Å². The standard InChI is InChI=1S/C13H20N2O4S/c1-9-5-11(6-12(14)10(9)2)20(17,18)15-7-13(16)3-4-19-8-13/h5-6,15-16H,3-4,7-8,14H2,1-2H3. The Labute approximate surface area is 119 Å². The van der Waals surface area contributed by atoms with Crippen LogP contribution in [0.2, 0.25) is 0 Å². The molecule has 1 heterocycles. The summed E-state index contributed by atoms with van der Waals surface area (Å²) in [5.74, 6) is 0. The van der Waals surface area contributed by atoms with Crippen LogP contribution in [0.15, 0.2) is 17.0 Å². The third kappa shape index (κ3) is 3.12. The van der Waals surface area contributed by atoms with E-state index in [2.05, 4.69) is 4.72 Å². The predicted octanol–water partition coefficient (Wildman–Crippen LogP) is 0.315. The van der Waals surface area contributed by atoms with E-state index in [4.69, 9.17) is 10.5 Å². The minimum Gasteiger partial charge on any atom is -0.398 e. The molecule has 1 fully saturated rings. The SMILES string of the molecule is Cc1cc(S(=O)(=O)NCC2(O)CCOC2)cc(N)c1C. The number of nitrogen functional groups attached to an aromatic ring is 1. The lowest BCUT2D eigenvalue weighted by atomic mass is 10.1. The number of rotatable bonds is 4. The van der Waals surface area contributed by atoms with Crippen molar-refractivity contribution < 1.29 is 18.3 Å². The molecular formula is C13H20N2O4S. The number of nitrogens with one attached hydrogen (secondary N) is 1. The summed E-state index contributed by atoms with van der Waals surface area (Å²) in [6.07, 6.45) is 0.421. The van der Waals surface area contributed by atoms with Crippen molar-refractivity contribution in [2.45, 2.75) is 30.8 Å². The van der Waals surface area contributed by atoms with Gasteiger partial charge in [-0.2, -0.15) is 0 Å². The summed E-state index contributed by atoms with van der Waals surface area (Å²) in [6.45, 7) is 4.16. The molecule has 0 amide bonds. The third-order valence-corrected chi connectivity index (χ3v) is 5.05. The lowest BCUT2D eigenvalue weighted by Gasteiger charge is -2.21. The molecular weight excluding hydrogens is 280 g/mol. The van der Waals surface area contributed by atoms with Gasteiger partial charge in [0.15, 0.2) is 0 Å². The number of hydrogen-bond donors (Lipinski definition) is 3. The molecule has 0 aliphatic carbocycles. The molecule has 1 aliphatic rings. The van der Waals surface area contributed by atoms with Gasteiger partial charge in [0.2, 0.25) is 10.0 Å². The lowest BCUT2D eigenvalue weighted by molar-refractivity contribution is 0.0314. The van der Waals surface area contributed by atoms with E-state index in [1.165, 1.54) is 6.07 Å². The summed E-state index contributed by atoms with van der Waals surface area (Å²) >= 11 is 0. The molecule has 0 bridgehead atoms. The Hall–Kier alpha value is -1.15. The first kappa shape index (κ1) is 15.2. The van der Waals surface area contributed by atoms with Crippen LogP contribution in [0.5, 0.6) is 0 Å². The number of nitrogens with two attached hydrogens (primary N) is 1. The number of aliphatic hydroxyl groups is 1. The summed E-state index contributed by atoms with van der Waals surface area (Å²) in [5, 5.41) is 10.1. The van der Waals surface area contributed by atoms with Crippen LogP contribution in [0.25, 0.3) is 0 Å². The highest BCUT2D eigenvalue weighted by molar-refractivity contribution is 7.89. The zero-order chi connectivity index (χ0) is 15.0. The average Bonchev–Trinajstić information content (AvgIpc) is 2.81. The van der Waals surface area contributed by atoms with Gasteiger partial charge in [0, 0.05) is 25.3 Å². The van der Waals surface area contributed by atoms with E-state index in [9.17, 15) is 13.5 Å². The molecule has 2 rings (SSSR count). The van der Waals surface area contributed by atoms with Crippen LogP contribution >= 0.6 is 0 Å². The molecule has 1 atom stereocenters. The largest absolute Gasteiger partial charge is 0.398 e. The topological polar surface area (TPSA) is 102 Å². The number of aryl methyl sites for hydroxylation is 1. The predicted molar refractivity (Wildman–Crippen MR) is 75.9 cm³/mol. The highest BCUT2D eigenvalue weighted by Gasteiger charge is 2.33. The highest BCUT2D eigenvalue weighted by Crippen LogP contribution is 2.22. The second-order valence-corrected chi connectivity index (χ2v) is 7.07. The Balaban J connectivity index is 2.18. The normalized spacial score (nSPS) is 23.1. The molecule has 1 saturated heterocycles. The van der Waals surface area contributed by atoms with Crippen molar-refractivity contribution >= 4 is 15.7 Å². The van der Waals surface area contributed by atoms with Crippen LogP contribution in [-0.2, 0) is 14.8 Å². The fourth-order valence-electron chi connectivity index (χ4n) is 2.06. The molecule has 0 saturated carbocycles. The maximum absolute atomic E-state index is 12.2. The summed E-state index contributed by atoms with van der Waals surface area (Å²) in [6, 6.07) is 3.00. The molecule has 20 heavy (non-hydrogen) atoms. The second-order valence-electron chi connectivity index (χ2n) is 5.31. The van der Waals surface area contributed by atoms with E-state index in [0.717, 1.165) is 11.1 Å². The van der Waals surface area contributed by atoms with Crippen molar-refractivity contribution in [3.8, 4) is 0 Å². The number of benzene rings is 1. The number of hydrogen-bond acceptors (Lipinski definition) is 5. The summed E-state index contributed by atoms with van der Waals surface area (Å²) in [5.41, 5.74) is 6.79. The van der Waals surface area contributed by atoms with Gasteiger partial charge in [-0.15, -0.1) is 0 Å². The van der Waals surface area contributed by atoms with Crippen molar-refractivity contribution in [2.24, 2.45) is 0 Å². The smallest absolute Gasteiger partial charge is 0.240 e. The molecule has 0 aromatic heterocycles. The zero-order valence-corrected chi connectivity index (χ0v) is 12.5. The maximum Gasteiger partial charge on any atom is 0.240 e. The first-order valence-corrected chi connectivity index (χ1v) is 7.88. The van der Waals surface area contributed by atoms with Crippen molar-refractivity contribution in [3.05, 3.63) is 23.3 Å². The monoisotopic (exact) mass is 300 g/mol. The van der Waals surface area contributed by atoms with E-state index in [1.54, 1.807) is 6.07 Å². The van der Waals surface area contributed by atoms with Crippen LogP contribution < -0.4 is 10.5 Å².